The lowest BCUT2D eigenvalue weighted by Crippen LogP contribution is -2.46. The topological polar surface area (TPSA) is 41.1 Å². The second-order valence-electron chi connectivity index (χ2n) is 4.25. The second-order valence-corrected chi connectivity index (χ2v) is 4.25. The van der Waals surface area contributed by atoms with E-state index in [1.54, 1.807) is 0 Å². The summed E-state index contributed by atoms with van der Waals surface area (Å²) in [6.07, 6.45) is -4.83. The highest BCUT2D eigenvalue weighted by Gasteiger charge is 2.41. The maximum absolute atomic E-state index is 12.2. The van der Waals surface area contributed by atoms with Crippen molar-refractivity contribution in [1.29, 1.82) is 0 Å². The molecule has 1 aliphatic rings. The van der Waals surface area contributed by atoms with E-state index < -0.39 is 18.1 Å². The van der Waals surface area contributed by atoms with Gasteiger partial charge in [-0.1, -0.05) is 30.3 Å². The van der Waals surface area contributed by atoms with Gasteiger partial charge in [-0.15, -0.1) is 0 Å². The maximum atomic E-state index is 12.2. The van der Waals surface area contributed by atoms with Crippen LogP contribution in [0.3, 0.4) is 0 Å². The van der Waals surface area contributed by atoms with Gasteiger partial charge in [-0.3, -0.25) is 4.79 Å². The van der Waals surface area contributed by atoms with E-state index in [4.69, 9.17) is 0 Å². The molecule has 3 nitrogen and oxygen atoms in total. The minimum Gasteiger partial charge on any atom is -0.344 e. The van der Waals surface area contributed by atoms with E-state index in [0.717, 1.165) is 5.56 Å². The Morgan fingerprint density at radius 1 is 1.22 bits per heavy atom. The van der Waals surface area contributed by atoms with E-state index in [1.807, 2.05) is 35.6 Å². The Hall–Kier alpha value is -1.56. The van der Waals surface area contributed by atoms with Crippen molar-refractivity contribution in [2.75, 3.05) is 13.1 Å². The number of carbonyl (C=O) groups is 1. The maximum Gasteiger partial charge on any atom is 0.471 e. The van der Waals surface area contributed by atoms with Crippen molar-refractivity contribution in [3.05, 3.63) is 35.9 Å². The second kappa shape index (κ2) is 4.97. The predicted molar refractivity (Wildman–Crippen MR) is 60.0 cm³/mol. The number of halogens is 3. The van der Waals surface area contributed by atoms with Crippen LogP contribution in [0.15, 0.2) is 30.3 Å². The van der Waals surface area contributed by atoms with Gasteiger partial charge in [0.1, 0.15) is 0 Å². The molecule has 0 radical (unpaired) electrons. The van der Waals surface area contributed by atoms with Crippen molar-refractivity contribution in [2.45, 2.75) is 18.1 Å². The lowest BCUT2D eigenvalue weighted by Gasteiger charge is -2.21. The molecule has 0 aromatic heterocycles. The molecule has 0 saturated carbocycles. The fraction of sp³-hybridized carbons (Fsp3) is 0.417. The van der Waals surface area contributed by atoms with Gasteiger partial charge in [0, 0.05) is 25.0 Å². The minimum absolute atomic E-state index is 0.127. The molecule has 0 unspecified atom stereocenters. The summed E-state index contributed by atoms with van der Waals surface area (Å²) >= 11 is 0. The van der Waals surface area contributed by atoms with Gasteiger partial charge < -0.3 is 10.6 Å². The highest BCUT2D eigenvalue weighted by atomic mass is 19.4. The third kappa shape index (κ3) is 2.81. The van der Waals surface area contributed by atoms with Crippen LogP contribution in [-0.2, 0) is 4.79 Å². The van der Waals surface area contributed by atoms with Crippen LogP contribution in [0.25, 0.3) is 0 Å². The van der Waals surface area contributed by atoms with Crippen LogP contribution >= 0.6 is 0 Å². The lowest BCUT2D eigenvalue weighted by molar-refractivity contribution is -0.174. The third-order valence-corrected chi connectivity index (χ3v) is 3.02. The van der Waals surface area contributed by atoms with Crippen molar-refractivity contribution < 1.29 is 18.0 Å². The van der Waals surface area contributed by atoms with Gasteiger partial charge in [0.2, 0.25) is 0 Å². The number of amides is 1. The first-order chi connectivity index (χ1) is 8.48. The first-order valence-corrected chi connectivity index (χ1v) is 5.62. The number of hydrogen-bond acceptors (Lipinski definition) is 2. The van der Waals surface area contributed by atoms with Crippen LogP contribution in [0.1, 0.15) is 11.5 Å². The fourth-order valence-electron chi connectivity index (χ4n) is 2.13. The number of benzene rings is 1. The number of alkyl halides is 3. The van der Waals surface area contributed by atoms with E-state index in [9.17, 15) is 18.0 Å². The molecule has 2 N–H and O–H groups in total. The van der Waals surface area contributed by atoms with Crippen molar-refractivity contribution in [1.82, 2.24) is 10.6 Å². The average molecular weight is 258 g/mol. The number of hydrogen-bond donors (Lipinski definition) is 2. The first-order valence-electron chi connectivity index (χ1n) is 5.62. The molecule has 0 aliphatic carbocycles. The Kier molecular flexibility index (Phi) is 3.56. The molecule has 98 valence electrons. The van der Waals surface area contributed by atoms with Crippen LogP contribution in [0.2, 0.25) is 0 Å². The summed E-state index contributed by atoms with van der Waals surface area (Å²) in [5, 5.41) is 5.04. The van der Waals surface area contributed by atoms with Crippen LogP contribution < -0.4 is 10.6 Å². The van der Waals surface area contributed by atoms with Gasteiger partial charge >= 0.3 is 12.1 Å². The quantitative estimate of drug-likeness (QED) is 0.842. The summed E-state index contributed by atoms with van der Waals surface area (Å²) in [6, 6.07) is 8.68. The Bertz CT molecular complexity index is 419. The van der Waals surface area contributed by atoms with Crippen LogP contribution in [0.5, 0.6) is 0 Å². The van der Waals surface area contributed by atoms with Crippen molar-refractivity contribution in [3.63, 3.8) is 0 Å². The van der Waals surface area contributed by atoms with E-state index >= 15 is 0 Å². The van der Waals surface area contributed by atoms with Crippen molar-refractivity contribution in [2.24, 2.45) is 0 Å². The molecule has 1 saturated heterocycles. The van der Waals surface area contributed by atoms with Gasteiger partial charge in [-0.05, 0) is 5.56 Å². The Morgan fingerprint density at radius 3 is 2.50 bits per heavy atom. The molecule has 6 heteroatoms. The summed E-state index contributed by atoms with van der Waals surface area (Å²) < 4.78 is 36.6. The molecular weight excluding hydrogens is 245 g/mol. The third-order valence-electron chi connectivity index (χ3n) is 3.02. The summed E-state index contributed by atoms with van der Waals surface area (Å²) in [5.41, 5.74) is 0.926. The number of carbonyl (C=O) groups excluding carboxylic acids is 1. The molecule has 0 spiro atoms. The SMILES string of the molecule is O=C(N[C@H]1CNC[C@@H]1c1ccccc1)C(F)(F)F. The molecule has 1 fully saturated rings. The first kappa shape index (κ1) is 12.9. The molecule has 1 aromatic rings. The van der Waals surface area contributed by atoms with Crippen LogP contribution in [-0.4, -0.2) is 31.2 Å². The highest BCUT2D eigenvalue weighted by Crippen LogP contribution is 2.24. The predicted octanol–water partition coefficient (Wildman–Crippen LogP) is 1.42. The fourth-order valence-corrected chi connectivity index (χ4v) is 2.13. The Labute approximate surface area is 102 Å². The Balaban J connectivity index is 2.07. The summed E-state index contributed by atoms with van der Waals surface area (Å²) in [5.74, 6) is -2.00. The molecule has 18 heavy (non-hydrogen) atoms. The zero-order valence-electron chi connectivity index (χ0n) is 9.50. The zero-order chi connectivity index (χ0) is 13.2. The van der Waals surface area contributed by atoms with E-state index in [-0.39, 0.29) is 5.92 Å². The average Bonchev–Trinajstić information content (AvgIpc) is 2.77. The van der Waals surface area contributed by atoms with Crippen molar-refractivity contribution in [3.8, 4) is 0 Å². The van der Waals surface area contributed by atoms with Crippen molar-refractivity contribution >= 4 is 5.91 Å². The van der Waals surface area contributed by atoms with E-state index in [0.29, 0.717) is 13.1 Å². The molecule has 1 aromatic carbocycles. The van der Waals surface area contributed by atoms with Gasteiger partial charge in [-0.2, -0.15) is 13.2 Å². The largest absolute Gasteiger partial charge is 0.471 e. The smallest absolute Gasteiger partial charge is 0.344 e. The van der Waals surface area contributed by atoms with Gasteiger partial charge in [-0.25, -0.2) is 0 Å². The standard InChI is InChI=1S/C12H13F3N2O/c13-12(14,15)11(18)17-10-7-16-6-9(10)8-4-2-1-3-5-8/h1-5,9-10,16H,6-7H2,(H,17,18)/t9-,10+/m1/s1. The van der Waals surface area contributed by atoms with Gasteiger partial charge in [0.15, 0.2) is 0 Å². The number of rotatable bonds is 2. The summed E-state index contributed by atoms with van der Waals surface area (Å²) in [7, 11) is 0. The van der Waals surface area contributed by atoms with Crippen LogP contribution in [0, 0.1) is 0 Å². The Morgan fingerprint density at radius 2 is 1.89 bits per heavy atom. The highest BCUT2D eigenvalue weighted by molar-refractivity contribution is 5.82. The molecule has 2 atom stereocenters. The number of nitrogens with one attached hydrogen (secondary N) is 2. The molecule has 1 heterocycles. The van der Waals surface area contributed by atoms with Gasteiger partial charge in [0.05, 0.1) is 0 Å². The summed E-state index contributed by atoms with van der Waals surface area (Å²) in [4.78, 5) is 10.9. The van der Waals surface area contributed by atoms with Crippen LogP contribution in [0.4, 0.5) is 13.2 Å². The summed E-state index contributed by atoms with van der Waals surface area (Å²) in [6.45, 7) is 0.911. The van der Waals surface area contributed by atoms with E-state index in [1.165, 1.54) is 0 Å². The molecule has 1 amide bonds. The normalized spacial score (nSPS) is 23.9. The minimum atomic E-state index is -4.83. The van der Waals surface area contributed by atoms with Gasteiger partial charge in [0.25, 0.3) is 0 Å². The zero-order valence-corrected chi connectivity index (χ0v) is 9.50. The molecule has 1 aliphatic heterocycles. The molecular formula is C12H13F3N2O. The monoisotopic (exact) mass is 258 g/mol. The lowest BCUT2D eigenvalue weighted by atomic mass is 9.94. The van der Waals surface area contributed by atoms with E-state index in [2.05, 4.69) is 5.32 Å². The molecule has 2 rings (SSSR count). The molecule has 0 bridgehead atoms.